The second-order valence-corrected chi connectivity index (χ2v) is 7.86. The number of aliphatic carboxylic acids is 1. The third-order valence-electron chi connectivity index (χ3n) is 5.49. The number of carboxylic acid groups (broad SMARTS) is 1. The molecular weight excluding hydrogens is 425 g/mol. The molecule has 2 N–H and O–H groups in total. The van der Waals surface area contributed by atoms with Crippen molar-refractivity contribution >= 4 is 17.7 Å². The molecule has 1 heterocycles. The van der Waals surface area contributed by atoms with Gasteiger partial charge in [-0.1, -0.05) is 24.3 Å². The SMILES string of the molecule is Cc1ccc(C2CCCN(C(=O)OCc3ccc(C(F)(F)F)cc3)C2)cc1NCC(=O)O. The van der Waals surface area contributed by atoms with E-state index in [1.807, 2.05) is 25.1 Å². The minimum Gasteiger partial charge on any atom is -0.480 e. The third kappa shape index (κ3) is 6.15. The highest BCUT2D eigenvalue weighted by Crippen LogP contribution is 2.31. The fourth-order valence-electron chi connectivity index (χ4n) is 3.70. The molecule has 0 aromatic heterocycles. The fraction of sp³-hybridized carbons (Fsp3) is 0.391. The molecule has 0 spiro atoms. The number of hydrogen-bond donors (Lipinski definition) is 2. The summed E-state index contributed by atoms with van der Waals surface area (Å²) in [7, 11) is 0. The topological polar surface area (TPSA) is 78.9 Å². The van der Waals surface area contributed by atoms with Crippen LogP contribution < -0.4 is 5.32 Å². The lowest BCUT2D eigenvalue weighted by atomic mass is 9.90. The number of aryl methyl sites for hydroxylation is 1. The molecule has 32 heavy (non-hydrogen) atoms. The molecule has 0 bridgehead atoms. The summed E-state index contributed by atoms with van der Waals surface area (Å²) in [5.74, 6) is -0.872. The van der Waals surface area contributed by atoms with Crippen LogP contribution >= 0.6 is 0 Å². The lowest BCUT2D eigenvalue weighted by molar-refractivity contribution is -0.137. The predicted octanol–water partition coefficient (Wildman–Crippen LogP) is 5.03. The van der Waals surface area contributed by atoms with Crippen LogP contribution in [-0.2, 0) is 22.3 Å². The molecule has 1 saturated heterocycles. The first-order chi connectivity index (χ1) is 15.1. The number of carbonyl (C=O) groups excluding carboxylic acids is 1. The van der Waals surface area contributed by atoms with Crippen LogP contribution in [0.1, 0.15) is 41.0 Å². The van der Waals surface area contributed by atoms with Crippen molar-refractivity contribution in [3.63, 3.8) is 0 Å². The van der Waals surface area contributed by atoms with Crippen molar-refractivity contribution in [1.29, 1.82) is 0 Å². The monoisotopic (exact) mass is 450 g/mol. The van der Waals surface area contributed by atoms with Gasteiger partial charge in [0.05, 0.1) is 5.56 Å². The standard InChI is InChI=1S/C23H25F3N2O4/c1-15-4-7-17(11-20(15)27-12-21(29)30)18-3-2-10-28(13-18)22(31)32-14-16-5-8-19(9-6-16)23(24,25)26/h4-9,11,18,27H,2-3,10,12-14H2,1H3,(H,29,30). The van der Waals surface area contributed by atoms with Gasteiger partial charge in [-0.3, -0.25) is 4.79 Å². The number of carboxylic acids is 1. The maximum Gasteiger partial charge on any atom is 0.416 e. The van der Waals surface area contributed by atoms with Gasteiger partial charge in [0.15, 0.2) is 0 Å². The average molecular weight is 450 g/mol. The Morgan fingerprint density at radius 3 is 2.56 bits per heavy atom. The summed E-state index contributed by atoms with van der Waals surface area (Å²) in [6.07, 6.45) is -3.25. The van der Waals surface area contributed by atoms with E-state index in [4.69, 9.17) is 9.84 Å². The number of ether oxygens (including phenoxy) is 1. The summed E-state index contributed by atoms with van der Waals surface area (Å²) in [4.78, 5) is 25.0. The Morgan fingerprint density at radius 1 is 1.19 bits per heavy atom. The number of benzene rings is 2. The molecule has 1 aliphatic heterocycles. The molecule has 0 aliphatic carbocycles. The summed E-state index contributed by atoms with van der Waals surface area (Å²) in [5, 5.41) is 11.8. The van der Waals surface area contributed by atoms with Crippen LogP contribution in [0.3, 0.4) is 0 Å². The molecule has 6 nitrogen and oxygen atoms in total. The first kappa shape index (κ1) is 23.4. The van der Waals surface area contributed by atoms with Crippen LogP contribution in [0.25, 0.3) is 0 Å². The molecule has 0 saturated carbocycles. The van der Waals surface area contributed by atoms with E-state index in [0.717, 1.165) is 41.8 Å². The van der Waals surface area contributed by atoms with Crippen molar-refractivity contribution in [1.82, 2.24) is 4.90 Å². The molecular formula is C23H25F3N2O4. The number of hydrogen-bond acceptors (Lipinski definition) is 4. The molecule has 1 atom stereocenters. The molecule has 1 unspecified atom stereocenters. The van der Waals surface area contributed by atoms with Crippen molar-refractivity contribution < 1.29 is 32.6 Å². The van der Waals surface area contributed by atoms with Crippen molar-refractivity contribution in [2.45, 2.75) is 38.5 Å². The molecule has 1 amide bonds. The lowest BCUT2D eigenvalue weighted by Crippen LogP contribution is -2.39. The Hall–Kier alpha value is -3.23. The van der Waals surface area contributed by atoms with E-state index in [-0.39, 0.29) is 19.1 Å². The second kappa shape index (κ2) is 9.93. The van der Waals surface area contributed by atoms with Crippen molar-refractivity contribution in [3.05, 3.63) is 64.7 Å². The van der Waals surface area contributed by atoms with E-state index in [1.165, 1.54) is 12.1 Å². The summed E-state index contributed by atoms with van der Waals surface area (Å²) >= 11 is 0. The Balaban J connectivity index is 1.59. The molecule has 3 rings (SSSR count). The fourth-order valence-corrected chi connectivity index (χ4v) is 3.70. The van der Waals surface area contributed by atoms with E-state index in [2.05, 4.69) is 5.32 Å². The predicted molar refractivity (Wildman–Crippen MR) is 112 cm³/mol. The highest BCUT2D eigenvalue weighted by atomic mass is 19.4. The maximum absolute atomic E-state index is 12.7. The van der Waals surface area contributed by atoms with Crippen molar-refractivity contribution in [2.24, 2.45) is 0 Å². The number of nitrogens with one attached hydrogen (secondary N) is 1. The zero-order valence-electron chi connectivity index (χ0n) is 17.6. The minimum absolute atomic E-state index is 0.0772. The number of alkyl halides is 3. The quantitative estimate of drug-likeness (QED) is 0.646. The van der Waals surface area contributed by atoms with Crippen LogP contribution in [-0.4, -0.2) is 41.7 Å². The van der Waals surface area contributed by atoms with Gasteiger partial charge in [-0.2, -0.15) is 13.2 Å². The van der Waals surface area contributed by atoms with Gasteiger partial charge in [0.2, 0.25) is 0 Å². The van der Waals surface area contributed by atoms with Crippen molar-refractivity contribution in [3.8, 4) is 0 Å². The molecule has 1 fully saturated rings. The molecule has 172 valence electrons. The largest absolute Gasteiger partial charge is 0.480 e. The molecule has 9 heteroatoms. The van der Waals surface area contributed by atoms with Crippen LogP contribution in [0, 0.1) is 6.92 Å². The number of piperidine rings is 1. The van der Waals surface area contributed by atoms with Crippen LogP contribution in [0.4, 0.5) is 23.7 Å². The first-order valence-electron chi connectivity index (χ1n) is 10.3. The normalized spacial score (nSPS) is 16.5. The number of carbonyl (C=O) groups is 2. The van der Waals surface area contributed by atoms with Gasteiger partial charge in [-0.25, -0.2) is 4.79 Å². The zero-order valence-corrected chi connectivity index (χ0v) is 17.6. The van der Waals surface area contributed by atoms with Gasteiger partial charge in [0, 0.05) is 24.7 Å². The van der Waals surface area contributed by atoms with Gasteiger partial charge in [-0.15, -0.1) is 0 Å². The second-order valence-electron chi connectivity index (χ2n) is 7.86. The van der Waals surface area contributed by atoms with Crippen molar-refractivity contribution in [2.75, 3.05) is 25.0 Å². The minimum atomic E-state index is -4.41. The van der Waals surface area contributed by atoms with Gasteiger partial charge >= 0.3 is 18.2 Å². The van der Waals surface area contributed by atoms with E-state index in [0.29, 0.717) is 18.7 Å². The van der Waals surface area contributed by atoms with Crippen LogP contribution in [0.5, 0.6) is 0 Å². The molecule has 1 aliphatic rings. The van der Waals surface area contributed by atoms with Crippen LogP contribution in [0.2, 0.25) is 0 Å². The van der Waals surface area contributed by atoms with Gasteiger partial charge in [0.1, 0.15) is 13.2 Å². The Morgan fingerprint density at radius 2 is 1.91 bits per heavy atom. The van der Waals surface area contributed by atoms with E-state index in [9.17, 15) is 22.8 Å². The summed E-state index contributed by atoms with van der Waals surface area (Å²) in [6.45, 7) is 2.59. The summed E-state index contributed by atoms with van der Waals surface area (Å²) in [5.41, 5.74) is 2.41. The smallest absolute Gasteiger partial charge is 0.416 e. The number of halogens is 3. The highest BCUT2D eigenvalue weighted by molar-refractivity contribution is 5.73. The van der Waals surface area contributed by atoms with Gasteiger partial charge < -0.3 is 20.1 Å². The number of likely N-dealkylation sites (tertiary alicyclic amines) is 1. The number of amides is 1. The highest BCUT2D eigenvalue weighted by Gasteiger charge is 2.30. The molecule has 2 aromatic rings. The van der Waals surface area contributed by atoms with E-state index < -0.39 is 23.8 Å². The lowest BCUT2D eigenvalue weighted by Gasteiger charge is -2.32. The Bertz CT molecular complexity index is 961. The van der Waals surface area contributed by atoms with Gasteiger partial charge in [-0.05, 0) is 54.7 Å². The zero-order chi connectivity index (χ0) is 23.3. The summed E-state index contributed by atoms with van der Waals surface area (Å²) < 4.78 is 43.3. The Kier molecular flexibility index (Phi) is 7.27. The average Bonchev–Trinajstić information content (AvgIpc) is 2.76. The Labute approximate surface area is 184 Å². The number of rotatable bonds is 6. The van der Waals surface area contributed by atoms with E-state index in [1.54, 1.807) is 4.90 Å². The third-order valence-corrected chi connectivity index (χ3v) is 5.49. The van der Waals surface area contributed by atoms with Gasteiger partial charge in [0.25, 0.3) is 0 Å². The van der Waals surface area contributed by atoms with Crippen LogP contribution in [0.15, 0.2) is 42.5 Å². The van der Waals surface area contributed by atoms with E-state index >= 15 is 0 Å². The summed E-state index contributed by atoms with van der Waals surface area (Å²) in [6, 6.07) is 10.3. The number of nitrogens with zero attached hydrogens (tertiary/aromatic N) is 1. The maximum atomic E-state index is 12.7. The molecule has 0 radical (unpaired) electrons. The first-order valence-corrected chi connectivity index (χ1v) is 10.3. The molecule has 2 aromatic carbocycles. The number of anilines is 1.